The van der Waals surface area contributed by atoms with Crippen molar-refractivity contribution < 1.29 is 17.6 Å². The molecule has 0 bridgehead atoms. The van der Waals surface area contributed by atoms with Crippen LogP contribution in [-0.4, -0.2) is 20.6 Å². The van der Waals surface area contributed by atoms with Crippen molar-refractivity contribution in [1.82, 2.24) is 0 Å². The Hall–Kier alpha value is -2.21. The molecule has 2 N–H and O–H groups in total. The van der Waals surface area contributed by atoms with Crippen molar-refractivity contribution in [2.45, 2.75) is 4.90 Å². The number of primary amides is 1. The van der Waals surface area contributed by atoms with Gasteiger partial charge in [0.05, 0.1) is 4.90 Å². The summed E-state index contributed by atoms with van der Waals surface area (Å²) in [5.74, 6) is -1.35. The Morgan fingerprint density at radius 1 is 1.15 bits per heavy atom. The summed E-state index contributed by atoms with van der Waals surface area (Å²) in [6.07, 6.45) is 1.08. The lowest BCUT2D eigenvalue weighted by molar-refractivity contribution is 0.1000. The maximum absolute atomic E-state index is 14.0. The maximum atomic E-state index is 14.0. The van der Waals surface area contributed by atoms with Gasteiger partial charge in [-0.1, -0.05) is 18.2 Å². The van der Waals surface area contributed by atoms with Gasteiger partial charge in [-0.15, -0.1) is 0 Å². The molecule has 0 aliphatic heterocycles. The summed E-state index contributed by atoms with van der Waals surface area (Å²) >= 11 is 0. The number of halogens is 1. The highest BCUT2D eigenvalue weighted by molar-refractivity contribution is 7.90. The van der Waals surface area contributed by atoms with Crippen molar-refractivity contribution in [3.05, 3.63) is 53.8 Å². The second kappa shape index (κ2) is 5.05. The smallest absolute Gasteiger partial charge is 0.248 e. The summed E-state index contributed by atoms with van der Waals surface area (Å²) in [7, 11) is -3.36. The minimum absolute atomic E-state index is 0.0607. The van der Waals surface area contributed by atoms with E-state index in [-0.39, 0.29) is 16.0 Å². The molecule has 20 heavy (non-hydrogen) atoms. The highest BCUT2D eigenvalue weighted by Gasteiger charge is 2.12. The molecule has 0 aromatic heterocycles. The zero-order valence-electron chi connectivity index (χ0n) is 10.6. The number of rotatable bonds is 3. The Morgan fingerprint density at radius 2 is 1.85 bits per heavy atom. The zero-order chi connectivity index (χ0) is 14.9. The fourth-order valence-electron chi connectivity index (χ4n) is 1.80. The number of carbonyl (C=O) groups is 1. The first-order chi connectivity index (χ1) is 9.29. The lowest BCUT2D eigenvalue weighted by Crippen LogP contribution is -2.11. The molecule has 0 spiro atoms. The van der Waals surface area contributed by atoms with E-state index in [4.69, 9.17) is 5.73 Å². The molecule has 0 radical (unpaired) electrons. The van der Waals surface area contributed by atoms with Gasteiger partial charge in [0.15, 0.2) is 9.84 Å². The molecular formula is C14H12FNO3S. The highest BCUT2D eigenvalue weighted by atomic mass is 32.2. The van der Waals surface area contributed by atoms with Crippen LogP contribution >= 0.6 is 0 Å². The van der Waals surface area contributed by atoms with E-state index in [9.17, 15) is 17.6 Å². The number of amides is 1. The van der Waals surface area contributed by atoms with Crippen molar-refractivity contribution >= 4 is 15.7 Å². The van der Waals surface area contributed by atoms with Crippen LogP contribution in [0.3, 0.4) is 0 Å². The average Bonchev–Trinajstić information content (AvgIpc) is 2.37. The zero-order valence-corrected chi connectivity index (χ0v) is 11.4. The van der Waals surface area contributed by atoms with Crippen LogP contribution in [0.4, 0.5) is 4.39 Å². The van der Waals surface area contributed by atoms with Crippen LogP contribution in [0.1, 0.15) is 10.4 Å². The van der Waals surface area contributed by atoms with Gasteiger partial charge in [-0.3, -0.25) is 4.79 Å². The second-order valence-electron chi connectivity index (χ2n) is 4.36. The molecule has 0 aliphatic carbocycles. The van der Waals surface area contributed by atoms with Gasteiger partial charge >= 0.3 is 0 Å². The van der Waals surface area contributed by atoms with Crippen LogP contribution < -0.4 is 5.73 Å². The maximum Gasteiger partial charge on any atom is 0.248 e. The molecule has 104 valence electrons. The van der Waals surface area contributed by atoms with Crippen LogP contribution in [0.5, 0.6) is 0 Å². The van der Waals surface area contributed by atoms with Crippen molar-refractivity contribution in [3.63, 3.8) is 0 Å². The molecule has 0 saturated carbocycles. The summed E-state index contributed by atoms with van der Waals surface area (Å²) in [5, 5.41) is 0. The van der Waals surface area contributed by atoms with Crippen molar-refractivity contribution in [3.8, 4) is 11.1 Å². The summed E-state index contributed by atoms with van der Waals surface area (Å²) < 4.78 is 36.9. The van der Waals surface area contributed by atoms with Gasteiger partial charge < -0.3 is 5.73 Å². The van der Waals surface area contributed by atoms with Crippen molar-refractivity contribution in [1.29, 1.82) is 0 Å². The average molecular weight is 293 g/mol. The van der Waals surface area contributed by atoms with E-state index in [0.717, 1.165) is 12.3 Å². The predicted octanol–water partition coefficient (Wildman–Crippen LogP) is 2.00. The Balaban J connectivity index is 2.55. The van der Waals surface area contributed by atoms with E-state index in [1.54, 1.807) is 6.07 Å². The Morgan fingerprint density at radius 3 is 2.40 bits per heavy atom. The Labute approximate surface area is 116 Å². The van der Waals surface area contributed by atoms with Gasteiger partial charge in [-0.2, -0.15) is 0 Å². The fourth-order valence-corrected chi connectivity index (χ4v) is 2.46. The van der Waals surface area contributed by atoms with E-state index in [2.05, 4.69) is 0 Å². The number of hydrogen-bond acceptors (Lipinski definition) is 3. The molecule has 1 amide bonds. The minimum atomic E-state index is -3.36. The lowest BCUT2D eigenvalue weighted by Gasteiger charge is -2.06. The van der Waals surface area contributed by atoms with Gasteiger partial charge in [0.1, 0.15) is 5.82 Å². The standard InChI is InChI=1S/C14H12FNO3S/c1-20(18,19)11-4-2-3-9(7-11)12-6-5-10(14(16)17)8-13(12)15/h2-8H,1H3,(H2,16,17). The van der Waals surface area contributed by atoms with Crippen LogP contribution in [0, 0.1) is 5.82 Å². The van der Waals surface area contributed by atoms with Crippen LogP contribution in [0.2, 0.25) is 0 Å². The highest BCUT2D eigenvalue weighted by Crippen LogP contribution is 2.25. The predicted molar refractivity (Wildman–Crippen MR) is 73.5 cm³/mol. The molecule has 0 atom stereocenters. The van der Waals surface area contributed by atoms with Crippen LogP contribution in [-0.2, 0) is 9.84 Å². The first kappa shape index (κ1) is 14.2. The molecule has 4 nitrogen and oxygen atoms in total. The third-order valence-corrected chi connectivity index (χ3v) is 3.94. The van der Waals surface area contributed by atoms with Gasteiger partial charge in [-0.25, -0.2) is 12.8 Å². The first-order valence-electron chi connectivity index (χ1n) is 5.69. The Bertz CT molecular complexity index is 785. The molecule has 0 saturated heterocycles. The summed E-state index contributed by atoms with van der Waals surface area (Å²) in [4.78, 5) is 11.1. The number of carbonyl (C=O) groups excluding carboxylic acids is 1. The summed E-state index contributed by atoms with van der Waals surface area (Å²) in [6, 6.07) is 9.78. The van der Waals surface area contributed by atoms with Gasteiger partial charge in [0, 0.05) is 17.4 Å². The summed E-state index contributed by atoms with van der Waals surface area (Å²) in [6.45, 7) is 0. The van der Waals surface area contributed by atoms with E-state index in [0.29, 0.717) is 5.56 Å². The van der Waals surface area contributed by atoms with Crippen molar-refractivity contribution in [2.24, 2.45) is 5.73 Å². The number of sulfone groups is 1. The van der Waals surface area contributed by atoms with Crippen molar-refractivity contribution in [2.75, 3.05) is 6.26 Å². The number of hydrogen-bond donors (Lipinski definition) is 1. The topological polar surface area (TPSA) is 77.2 Å². The molecule has 0 fully saturated rings. The second-order valence-corrected chi connectivity index (χ2v) is 6.37. The number of nitrogens with two attached hydrogens (primary N) is 1. The Kier molecular flexibility index (Phi) is 3.59. The van der Waals surface area contributed by atoms with Crippen LogP contribution in [0.25, 0.3) is 11.1 Å². The molecule has 2 aromatic rings. The van der Waals surface area contributed by atoms with Gasteiger partial charge in [-0.05, 0) is 29.8 Å². The van der Waals surface area contributed by atoms with E-state index in [1.807, 2.05) is 0 Å². The molecule has 0 heterocycles. The molecule has 6 heteroatoms. The first-order valence-corrected chi connectivity index (χ1v) is 7.58. The van der Waals surface area contributed by atoms with Gasteiger partial charge in [0.25, 0.3) is 0 Å². The largest absolute Gasteiger partial charge is 0.366 e. The quantitative estimate of drug-likeness (QED) is 0.940. The lowest BCUT2D eigenvalue weighted by atomic mass is 10.0. The monoisotopic (exact) mass is 293 g/mol. The third-order valence-electron chi connectivity index (χ3n) is 2.83. The third kappa shape index (κ3) is 2.85. The normalized spacial score (nSPS) is 11.3. The molecule has 2 rings (SSSR count). The fraction of sp³-hybridized carbons (Fsp3) is 0.0714. The number of benzene rings is 2. The van der Waals surface area contributed by atoms with E-state index in [1.165, 1.54) is 30.3 Å². The molecular weight excluding hydrogens is 281 g/mol. The minimum Gasteiger partial charge on any atom is -0.366 e. The molecule has 0 unspecified atom stereocenters. The van der Waals surface area contributed by atoms with E-state index >= 15 is 0 Å². The summed E-state index contributed by atoms with van der Waals surface area (Å²) in [5.41, 5.74) is 5.76. The van der Waals surface area contributed by atoms with E-state index < -0.39 is 21.6 Å². The van der Waals surface area contributed by atoms with Crippen LogP contribution in [0.15, 0.2) is 47.4 Å². The van der Waals surface area contributed by atoms with Gasteiger partial charge in [0.2, 0.25) is 5.91 Å². The molecule has 2 aromatic carbocycles. The molecule has 0 aliphatic rings. The SMILES string of the molecule is CS(=O)(=O)c1cccc(-c2ccc(C(N)=O)cc2F)c1.